The highest BCUT2D eigenvalue weighted by atomic mass is 35.5. The van der Waals surface area contributed by atoms with Crippen LogP contribution >= 0.6 is 11.6 Å². The summed E-state index contributed by atoms with van der Waals surface area (Å²) in [6, 6.07) is 9.94. The van der Waals surface area contributed by atoms with Gasteiger partial charge in [-0.1, -0.05) is 23.7 Å². The maximum atomic E-state index is 12.1. The van der Waals surface area contributed by atoms with Crippen LogP contribution in [-0.4, -0.2) is 34.4 Å². The summed E-state index contributed by atoms with van der Waals surface area (Å²) in [7, 11) is 1.59. The molecule has 150 valence electrons. The van der Waals surface area contributed by atoms with Gasteiger partial charge >= 0.3 is 5.97 Å². The number of rotatable bonds is 7. The van der Waals surface area contributed by atoms with Crippen molar-refractivity contribution in [3.8, 4) is 5.75 Å². The molecule has 0 bridgehead atoms. The van der Waals surface area contributed by atoms with Crippen molar-refractivity contribution in [2.45, 2.75) is 19.6 Å². The molecule has 7 nitrogen and oxygen atoms in total. The molecule has 0 fully saturated rings. The fraction of sp³-hybridized carbons (Fsp3) is 0.190. The predicted octanol–water partition coefficient (Wildman–Crippen LogP) is 3.26. The summed E-state index contributed by atoms with van der Waals surface area (Å²) in [5.74, 6) is -0.212. The molecule has 1 N–H and O–H groups in total. The van der Waals surface area contributed by atoms with E-state index in [1.165, 1.54) is 6.08 Å². The molecule has 8 heteroatoms. The molecular formula is C21H20ClN3O4. The smallest absolute Gasteiger partial charge is 0.328 e. The van der Waals surface area contributed by atoms with Crippen LogP contribution in [0.2, 0.25) is 5.02 Å². The van der Waals surface area contributed by atoms with Gasteiger partial charge in [0.1, 0.15) is 24.0 Å². The first-order chi connectivity index (χ1) is 13.9. The van der Waals surface area contributed by atoms with Crippen LogP contribution in [-0.2, 0) is 20.9 Å². The van der Waals surface area contributed by atoms with E-state index in [9.17, 15) is 9.59 Å². The average molecular weight is 414 g/mol. The lowest BCUT2D eigenvalue weighted by Gasteiger charge is -2.11. The molecular weight excluding hydrogens is 394 g/mol. The Morgan fingerprint density at radius 2 is 1.97 bits per heavy atom. The van der Waals surface area contributed by atoms with Gasteiger partial charge in [-0.3, -0.25) is 4.79 Å². The van der Waals surface area contributed by atoms with Crippen LogP contribution in [0.25, 0.3) is 11.7 Å². The fourth-order valence-electron chi connectivity index (χ4n) is 2.56. The summed E-state index contributed by atoms with van der Waals surface area (Å²) >= 11 is 5.94. The molecule has 2 aromatic heterocycles. The van der Waals surface area contributed by atoms with E-state index < -0.39 is 17.9 Å². The van der Waals surface area contributed by atoms with Crippen LogP contribution in [0.3, 0.4) is 0 Å². The highest BCUT2D eigenvalue weighted by Gasteiger charge is 2.16. The van der Waals surface area contributed by atoms with Crippen LogP contribution in [0.15, 0.2) is 54.9 Å². The number of ether oxygens (including phenoxy) is 2. The third kappa shape index (κ3) is 5.58. The number of carbonyl (C=O) groups is 2. The molecule has 0 aliphatic carbocycles. The molecule has 1 atom stereocenters. The van der Waals surface area contributed by atoms with Gasteiger partial charge in [-0.15, -0.1) is 0 Å². The molecule has 0 aliphatic rings. The Morgan fingerprint density at radius 1 is 1.21 bits per heavy atom. The predicted molar refractivity (Wildman–Crippen MR) is 110 cm³/mol. The highest BCUT2D eigenvalue weighted by molar-refractivity contribution is 6.30. The Morgan fingerprint density at radius 3 is 2.69 bits per heavy atom. The van der Waals surface area contributed by atoms with Crippen LogP contribution in [0.5, 0.6) is 5.75 Å². The number of nitrogens with one attached hydrogen (secondary N) is 1. The third-order valence-electron chi connectivity index (χ3n) is 4.08. The molecule has 0 saturated carbocycles. The van der Waals surface area contributed by atoms with E-state index in [0.717, 1.165) is 11.3 Å². The number of amides is 1. The summed E-state index contributed by atoms with van der Waals surface area (Å²) in [5, 5.41) is 3.16. The number of hydrogen-bond donors (Lipinski definition) is 1. The van der Waals surface area contributed by atoms with E-state index in [0.29, 0.717) is 16.4 Å². The second-order valence-electron chi connectivity index (χ2n) is 6.29. The largest absolute Gasteiger partial charge is 0.497 e. The van der Waals surface area contributed by atoms with Gasteiger partial charge in [0, 0.05) is 18.5 Å². The standard InChI is InChI=1S/C21H20ClN3O4/c1-14(23-20(26)10-5-15-3-7-18(28-2)8-4-15)21(27)29-13-17-12-25-11-16(22)6-9-19(25)24-17/h3-12,14H,13H2,1-2H3,(H,23,26)/b10-5+/t14-/m0/s1. The molecule has 29 heavy (non-hydrogen) atoms. The van der Waals surface area contributed by atoms with Crippen LogP contribution in [0.1, 0.15) is 18.2 Å². The van der Waals surface area contributed by atoms with E-state index in [2.05, 4.69) is 10.3 Å². The molecule has 3 aromatic rings. The van der Waals surface area contributed by atoms with Gasteiger partial charge < -0.3 is 19.2 Å². The molecule has 1 amide bonds. The number of fused-ring (bicyclic) bond motifs is 1. The minimum absolute atomic E-state index is 0.0000302. The zero-order valence-corrected chi connectivity index (χ0v) is 16.7. The van der Waals surface area contributed by atoms with Gasteiger partial charge in [0.05, 0.1) is 17.8 Å². The summed E-state index contributed by atoms with van der Waals surface area (Å²) in [4.78, 5) is 28.5. The number of benzene rings is 1. The molecule has 0 radical (unpaired) electrons. The lowest BCUT2D eigenvalue weighted by molar-refractivity contribution is -0.148. The number of imidazole rings is 1. The minimum atomic E-state index is -0.797. The SMILES string of the molecule is COc1ccc(/C=C/C(=O)N[C@@H](C)C(=O)OCc2cn3cc(Cl)ccc3n2)cc1. The maximum Gasteiger partial charge on any atom is 0.328 e. The Balaban J connectivity index is 1.49. The second kappa shape index (κ2) is 9.25. The van der Waals surface area contributed by atoms with Crippen LogP contribution in [0, 0.1) is 0 Å². The summed E-state index contributed by atoms with van der Waals surface area (Å²) in [6.07, 6.45) is 6.45. The monoisotopic (exact) mass is 413 g/mol. The summed E-state index contributed by atoms with van der Waals surface area (Å²) in [5.41, 5.74) is 2.12. The molecule has 0 unspecified atom stereocenters. The number of carbonyl (C=O) groups excluding carboxylic acids is 2. The van der Waals surface area contributed by atoms with Crippen molar-refractivity contribution in [2.75, 3.05) is 7.11 Å². The summed E-state index contributed by atoms with van der Waals surface area (Å²) < 4.78 is 12.1. The van der Waals surface area contributed by atoms with E-state index in [-0.39, 0.29) is 6.61 Å². The first-order valence-electron chi connectivity index (χ1n) is 8.87. The van der Waals surface area contributed by atoms with E-state index >= 15 is 0 Å². The number of hydrogen-bond acceptors (Lipinski definition) is 5. The topological polar surface area (TPSA) is 81.9 Å². The fourth-order valence-corrected chi connectivity index (χ4v) is 2.73. The zero-order chi connectivity index (χ0) is 20.8. The number of aromatic nitrogens is 2. The Labute approximate surface area is 172 Å². The van der Waals surface area contributed by atoms with Gasteiger partial charge in [-0.25, -0.2) is 9.78 Å². The highest BCUT2D eigenvalue weighted by Crippen LogP contribution is 2.13. The molecule has 0 spiro atoms. The van der Waals surface area contributed by atoms with Crippen molar-refractivity contribution in [3.63, 3.8) is 0 Å². The van der Waals surface area contributed by atoms with E-state index in [1.54, 1.807) is 61.2 Å². The average Bonchev–Trinajstić information content (AvgIpc) is 3.12. The zero-order valence-electron chi connectivity index (χ0n) is 16.0. The number of pyridine rings is 1. The van der Waals surface area contributed by atoms with Crippen LogP contribution in [0.4, 0.5) is 0 Å². The third-order valence-corrected chi connectivity index (χ3v) is 4.31. The Hall–Kier alpha value is -3.32. The van der Waals surface area contributed by atoms with Gasteiger partial charge in [-0.2, -0.15) is 0 Å². The Bertz CT molecular complexity index is 1040. The second-order valence-corrected chi connectivity index (χ2v) is 6.73. The first kappa shape index (κ1) is 20.4. The molecule has 2 heterocycles. The number of methoxy groups -OCH3 is 1. The normalized spacial score (nSPS) is 12.1. The van der Waals surface area contributed by atoms with Crippen molar-refractivity contribution < 1.29 is 19.1 Å². The van der Waals surface area contributed by atoms with Crippen LogP contribution < -0.4 is 10.1 Å². The van der Waals surface area contributed by atoms with E-state index in [1.807, 2.05) is 12.1 Å². The van der Waals surface area contributed by atoms with Gasteiger partial charge in [0.2, 0.25) is 5.91 Å². The van der Waals surface area contributed by atoms with Crippen molar-refractivity contribution in [2.24, 2.45) is 0 Å². The minimum Gasteiger partial charge on any atom is -0.497 e. The van der Waals surface area contributed by atoms with Gasteiger partial charge in [0.25, 0.3) is 0 Å². The number of nitrogens with zero attached hydrogens (tertiary/aromatic N) is 2. The lowest BCUT2D eigenvalue weighted by Crippen LogP contribution is -2.38. The Kier molecular flexibility index (Phi) is 6.51. The molecule has 3 rings (SSSR count). The maximum absolute atomic E-state index is 12.1. The lowest BCUT2D eigenvalue weighted by atomic mass is 10.2. The number of halogens is 1. The van der Waals surface area contributed by atoms with Crippen molar-refractivity contribution in [3.05, 3.63) is 71.1 Å². The molecule has 1 aromatic carbocycles. The van der Waals surface area contributed by atoms with Gasteiger partial charge in [0.15, 0.2) is 0 Å². The number of esters is 1. The van der Waals surface area contributed by atoms with E-state index in [4.69, 9.17) is 21.1 Å². The van der Waals surface area contributed by atoms with Crippen molar-refractivity contribution in [1.82, 2.24) is 14.7 Å². The van der Waals surface area contributed by atoms with Crippen molar-refractivity contribution >= 4 is 35.2 Å². The van der Waals surface area contributed by atoms with Crippen molar-refractivity contribution in [1.29, 1.82) is 0 Å². The summed E-state index contributed by atoms with van der Waals surface area (Å²) in [6.45, 7) is 1.56. The quantitative estimate of drug-likeness (QED) is 0.475. The van der Waals surface area contributed by atoms with Gasteiger partial charge in [-0.05, 0) is 42.8 Å². The molecule has 0 aliphatic heterocycles. The first-order valence-corrected chi connectivity index (χ1v) is 9.25. The molecule has 0 saturated heterocycles.